The Balaban J connectivity index is 1.33. The number of fused-ring (bicyclic) bond motifs is 1. The smallest absolute Gasteiger partial charge is 0.309 e. The van der Waals surface area contributed by atoms with Crippen LogP contribution in [0.2, 0.25) is 0 Å². The molecule has 1 aliphatic rings. The van der Waals surface area contributed by atoms with Gasteiger partial charge in [0.1, 0.15) is 17.2 Å². The van der Waals surface area contributed by atoms with Crippen molar-refractivity contribution in [1.29, 1.82) is 0 Å². The topological polar surface area (TPSA) is 53.7 Å². The van der Waals surface area contributed by atoms with Crippen LogP contribution in [0.1, 0.15) is 16.7 Å². The Bertz CT molecular complexity index is 1240. The second-order valence-electron chi connectivity index (χ2n) is 8.19. The third-order valence-corrected chi connectivity index (χ3v) is 5.84. The number of likely N-dealkylation sites (tertiary alicyclic amines) is 1. The lowest BCUT2D eigenvalue weighted by Gasteiger charge is -2.36. The van der Waals surface area contributed by atoms with E-state index in [9.17, 15) is 9.18 Å². The second kappa shape index (κ2) is 8.00. The van der Waals surface area contributed by atoms with Crippen LogP contribution in [0.3, 0.4) is 0 Å². The largest absolute Gasteiger partial charge is 0.481 e. The molecule has 31 heavy (non-hydrogen) atoms. The van der Waals surface area contributed by atoms with Gasteiger partial charge in [-0.05, 0) is 53.4 Å². The van der Waals surface area contributed by atoms with E-state index in [1.165, 1.54) is 17.2 Å². The van der Waals surface area contributed by atoms with E-state index in [0.29, 0.717) is 31.0 Å². The highest BCUT2D eigenvalue weighted by atomic mass is 19.1. The monoisotopic (exact) mass is 415 g/mol. The average molecular weight is 415 g/mol. The van der Waals surface area contributed by atoms with Crippen molar-refractivity contribution in [2.75, 3.05) is 13.1 Å². The number of aliphatic carboxylic acids is 1. The van der Waals surface area contributed by atoms with E-state index in [0.717, 1.165) is 23.0 Å². The Morgan fingerprint density at radius 3 is 2.48 bits per heavy atom. The molecule has 0 radical (unpaired) electrons. The molecule has 1 fully saturated rings. The van der Waals surface area contributed by atoms with Gasteiger partial charge in [0.25, 0.3) is 0 Å². The summed E-state index contributed by atoms with van der Waals surface area (Å²) >= 11 is 0. The minimum atomic E-state index is -0.769. The molecule has 0 spiro atoms. The van der Waals surface area contributed by atoms with E-state index in [2.05, 4.69) is 18.2 Å². The maximum absolute atomic E-state index is 14.8. The molecule has 156 valence electrons. The van der Waals surface area contributed by atoms with Gasteiger partial charge in [-0.15, -0.1) is 0 Å². The van der Waals surface area contributed by atoms with Crippen LogP contribution in [0.5, 0.6) is 0 Å². The summed E-state index contributed by atoms with van der Waals surface area (Å²) in [4.78, 5) is 12.9. The van der Waals surface area contributed by atoms with Crippen molar-refractivity contribution in [3.8, 4) is 11.3 Å². The molecule has 0 aliphatic carbocycles. The van der Waals surface area contributed by atoms with Crippen molar-refractivity contribution in [1.82, 2.24) is 4.90 Å². The molecule has 2 heterocycles. The molecule has 1 aliphatic heterocycles. The summed E-state index contributed by atoms with van der Waals surface area (Å²) in [5.41, 5.74) is 4.40. The first kappa shape index (κ1) is 19.5. The molecule has 1 aromatic heterocycles. The van der Waals surface area contributed by atoms with Gasteiger partial charge in [0.2, 0.25) is 0 Å². The van der Waals surface area contributed by atoms with Crippen molar-refractivity contribution >= 4 is 16.9 Å². The van der Waals surface area contributed by atoms with Crippen LogP contribution in [0, 0.1) is 11.7 Å². The van der Waals surface area contributed by atoms with Crippen LogP contribution in [-0.2, 0) is 17.8 Å². The normalized spacial score (nSPS) is 14.6. The van der Waals surface area contributed by atoms with Crippen LogP contribution < -0.4 is 0 Å². The molecule has 1 N–H and O–H groups in total. The minimum Gasteiger partial charge on any atom is -0.481 e. The molecule has 0 unspecified atom stereocenters. The molecular formula is C26H22FNO3. The van der Waals surface area contributed by atoms with Gasteiger partial charge in [-0.25, -0.2) is 4.39 Å². The second-order valence-corrected chi connectivity index (χ2v) is 8.19. The van der Waals surface area contributed by atoms with Gasteiger partial charge in [0.15, 0.2) is 0 Å². The number of carbonyl (C=O) groups is 1. The summed E-state index contributed by atoms with van der Waals surface area (Å²) in [7, 11) is 0. The lowest BCUT2D eigenvalue weighted by atomic mass is 9.99. The van der Waals surface area contributed by atoms with Crippen molar-refractivity contribution in [3.63, 3.8) is 0 Å². The van der Waals surface area contributed by atoms with E-state index in [-0.39, 0.29) is 11.7 Å². The van der Waals surface area contributed by atoms with Crippen molar-refractivity contribution in [2.24, 2.45) is 5.92 Å². The van der Waals surface area contributed by atoms with Gasteiger partial charge in [-0.3, -0.25) is 9.69 Å². The van der Waals surface area contributed by atoms with Gasteiger partial charge in [0.05, 0.1) is 11.5 Å². The van der Waals surface area contributed by atoms with Gasteiger partial charge < -0.3 is 9.52 Å². The molecule has 5 rings (SSSR count). The molecule has 3 aromatic carbocycles. The Morgan fingerprint density at radius 2 is 1.74 bits per heavy atom. The Hall–Kier alpha value is -3.44. The number of benzene rings is 3. The number of carboxylic acid groups (broad SMARTS) is 1. The molecule has 5 heteroatoms. The molecular weight excluding hydrogens is 393 g/mol. The van der Waals surface area contributed by atoms with Crippen LogP contribution in [0.15, 0.2) is 77.2 Å². The van der Waals surface area contributed by atoms with Gasteiger partial charge in [-0.1, -0.05) is 42.5 Å². The fraction of sp³-hybridized carbons (Fsp3) is 0.192. The van der Waals surface area contributed by atoms with E-state index < -0.39 is 5.97 Å². The van der Waals surface area contributed by atoms with E-state index in [1.54, 1.807) is 6.07 Å². The Kier molecular flexibility index (Phi) is 5.04. The van der Waals surface area contributed by atoms with Crippen LogP contribution in [0.25, 0.3) is 22.3 Å². The number of rotatable bonds is 6. The highest BCUT2D eigenvalue weighted by molar-refractivity contribution is 5.83. The van der Waals surface area contributed by atoms with Gasteiger partial charge in [0, 0.05) is 25.0 Å². The summed E-state index contributed by atoms with van der Waals surface area (Å²) in [6, 6.07) is 23.3. The Morgan fingerprint density at radius 1 is 0.968 bits per heavy atom. The van der Waals surface area contributed by atoms with Crippen LogP contribution in [0.4, 0.5) is 4.39 Å². The summed E-state index contributed by atoms with van der Waals surface area (Å²) < 4.78 is 20.8. The standard InChI is InChI=1S/C26H22FNO3/c27-23-12-19(14-28-15-21(16-28)26(29)30)6-8-22(23)25-13-20-11-18(7-9-24(20)31-25)10-17-4-2-1-3-5-17/h1-9,11-13,21H,10,14-16H2,(H,29,30). The van der Waals surface area contributed by atoms with Crippen molar-refractivity contribution < 1.29 is 18.7 Å². The van der Waals surface area contributed by atoms with Crippen molar-refractivity contribution in [3.05, 3.63) is 95.3 Å². The zero-order valence-electron chi connectivity index (χ0n) is 16.9. The first-order valence-electron chi connectivity index (χ1n) is 10.4. The number of nitrogens with zero attached hydrogens (tertiary/aromatic N) is 1. The lowest BCUT2D eigenvalue weighted by Crippen LogP contribution is -2.49. The number of hydrogen-bond donors (Lipinski definition) is 1. The fourth-order valence-corrected chi connectivity index (χ4v) is 4.14. The molecule has 1 saturated heterocycles. The SMILES string of the molecule is O=C(O)C1CN(Cc2ccc(-c3cc4cc(Cc5ccccc5)ccc4o3)c(F)c2)C1. The van der Waals surface area contributed by atoms with Gasteiger partial charge >= 0.3 is 5.97 Å². The van der Waals surface area contributed by atoms with Gasteiger partial charge in [-0.2, -0.15) is 0 Å². The van der Waals surface area contributed by atoms with E-state index >= 15 is 0 Å². The number of halogens is 1. The maximum Gasteiger partial charge on any atom is 0.309 e. The third-order valence-electron chi connectivity index (χ3n) is 5.84. The van der Waals surface area contributed by atoms with E-state index in [1.807, 2.05) is 47.4 Å². The molecule has 0 atom stereocenters. The number of hydrogen-bond acceptors (Lipinski definition) is 3. The predicted molar refractivity (Wildman–Crippen MR) is 117 cm³/mol. The fourth-order valence-electron chi connectivity index (χ4n) is 4.14. The van der Waals surface area contributed by atoms with Crippen molar-refractivity contribution in [2.45, 2.75) is 13.0 Å². The zero-order chi connectivity index (χ0) is 21.4. The highest BCUT2D eigenvalue weighted by Crippen LogP contribution is 2.31. The molecule has 0 bridgehead atoms. The third kappa shape index (κ3) is 4.09. The molecule has 4 nitrogen and oxygen atoms in total. The summed E-state index contributed by atoms with van der Waals surface area (Å²) in [6.07, 6.45) is 0.833. The number of furan rings is 1. The first-order chi connectivity index (χ1) is 15.0. The lowest BCUT2D eigenvalue weighted by molar-refractivity contribution is -0.147. The van der Waals surface area contributed by atoms with Crippen LogP contribution >= 0.6 is 0 Å². The summed E-state index contributed by atoms with van der Waals surface area (Å²) in [5.74, 6) is -0.914. The van der Waals surface area contributed by atoms with E-state index in [4.69, 9.17) is 9.52 Å². The number of carboxylic acids is 1. The Labute approximate surface area is 179 Å². The molecule has 4 aromatic rings. The molecule has 0 saturated carbocycles. The summed E-state index contributed by atoms with van der Waals surface area (Å²) in [6.45, 7) is 1.56. The van der Waals surface area contributed by atoms with Crippen LogP contribution in [-0.4, -0.2) is 29.1 Å². The quantitative estimate of drug-likeness (QED) is 0.461. The first-order valence-corrected chi connectivity index (χ1v) is 10.4. The average Bonchev–Trinajstić information content (AvgIpc) is 3.14. The minimum absolute atomic E-state index is 0.313. The zero-order valence-corrected chi connectivity index (χ0v) is 16.9. The highest BCUT2D eigenvalue weighted by Gasteiger charge is 2.32. The maximum atomic E-state index is 14.8. The molecule has 0 amide bonds. The predicted octanol–water partition coefficient (Wildman–Crippen LogP) is 5.35. The summed E-state index contributed by atoms with van der Waals surface area (Å²) in [5, 5.41) is 9.93.